The summed E-state index contributed by atoms with van der Waals surface area (Å²) in [5.41, 5.74) is 7.05. The van der Waals surface area contributed by atoms with Crippen molar-refractivity contribution in [1.82, 2.24) is 0 Å². The lowest BCUT2D eigenvalue weighted by atomic mass is 10.1. The van der Waals surface area contributed by atoms with Crippen LogP contribution in [0.3, 0.4) is 0 Å². The second-order valence-electron chi connectivity index (χ2n) is 3.85. The van der Waals surface area contributed by atoms with Gasteiger partial charge >= 0.3 is 6.18 Å². The van der Waals surface area contributed by atoms with Crippen LogP contribution in [0.1, 0.15) is 37.3 Å². The molecule has 0 saturated carbocycles. The highest BCUT2D eigenvalue weighted by atomic mass is 19.4. The molecule has 0 heterocycles. The third kappa shape index (κ3) is 8.01. The standard InChI is InChI=1S/C8H4F3N.C5H11N3/c9-8(10,11)7-3-1-2-6(4-7)5-12;1-2-3-4-5-7-8-6/h1-4H;2-5H2,1H3. The number of rotatable bonds is 4. The lowest BCUT2D eigenvalue weighted by Crippen LogP contribution is -2.04. The minimum Gasteiger partial charge on any atom is -0.192 e. The zero-order valence-corrected chi connectivity index (χ0v) is 11.1. The van der Waals surface area contributed by atoms with Gasteiger partial charge in [-0.3, -0.25) is 0 Å². The molecular weight excluding hydrogens is 269 g/mol. The number of nitriles is 1. The fourth-order valence-electron chi connectivity index (χ4n) is 1.24. The minimum atomic E-state index is -4.37. The Kier molecular flexibility index (Phi) is 8.64. The Morgan fingerprint density at radius 3 is 2.55 bits per heavy atom. The average Bonchev–Trinajstić information content (AvgIpc) is 2.43. The molecule has 0 saturated heterocycles. The molecule has 0 amide bonds. The lowest BCUT2D eigenvalue weighted by molar-refractivity contribution is -0.137. The predicted molar refractivity (Wildman–Crippen MR) is 69.7 cm³/mol. The van der Waals surface area contributed by atoms with Crippen molar-refractivity contribution in [2.24, 2.45) is 5.11 Å². The van der Waals surface area contributed by atoms with Gasteiger partial charge in [-0.15, -0.1) is 0 Å². The maximum Gasteiger partial charge on any atom is 0.416 e. The number of hydrogen-bond donors (Lipinski definition) is 0. The van der Waals surface area contributed by atoms with Crippen LogP contribution in [0.15, 0.2) is 29.4 Å². The van der Waals surface area contributed by atoms with Gasteiger partial charge in [0.1, 0.15) is 0 Å². The van der Waals surface area contributed by atoms with Gasteiger partial charge in [0.05, 0.1) is 17.2 Å². The van der Waals surface area contributed by atoms with Gasteiger partial charge in [0, 0.05) is 11.5 Å². The predicted octanol–water partition coefficient (Wildman–Crippen LogP) is 5.06. The largest absolute Gasteiger partial charge is 0.416 e. The van der Waals surface area contributed by atoms with Gasteiger partial charge in [-0.05, 0) is 30.2 Å². The van der Waals surface area contributed by atoms with E-state index >= 15 is 0 Å². The number of hydrogen-bond acceptors (Lipinski definition) is 2. The minimum absolute atomic E-state index is 0.0184. The quantitative estimate of drug-likeness (QED) is 0.329. The van der Waals surface area contributed by atoms with E-state index in [4.69, 9.17) is 10.8 Å². The summed E-state index contributed by atoms with van der Waals surface area (Å²) >= 11 is 0. The van der Waals surface area contributed by atoms with Crippen LogP contribution in [-0.4, -0.2) is 6.54 Å². The first kappa shape index (κ1) is 17.8. The van der Waals surface area contributed by atoms with Gasteiger partial charge in [0.2, 0.25) is 0 Å². The van der Waals surface area contributed by atoms with Gasteiger partial charge in [-0.25, -0.2) is 0 Å². The van der Waals surface area contributed by atoms with Crippen LogP contribution in [-0.2, 0) is 6.18 Å². The molecular formula is C13H15F3N4. The van der Waals surface area contributed by atoms with Crippen molar-refractivity contribution in [3.8, 4) is 6.07 Å². The summed E-state index contributed by atoms with van der Waals surface area (Å²) < 4.78 is 36.0. The molecule has 0 radical (unpaired) electrons. The normalized spacial score (nSPS) is 9.75. The fraction of sp³-hybridized carbons (Fsp3) is 0.462. The van der Waals surface area contributed by atoms with Crippen molar-refractivity contribution in [3.05, 3.63) is 45.8 Å². The molecule has 0 aromatic heterocycles. The Morgan fingerprint density at radius 1 is 1.35 bits per heavy atom. The third-order valence-corrected chi connectivity index (χ3v) is 2.24. The van der Waals surface area contributed by atoms with E-state index in [1.54, 1.807) is 6.07 Å². The number of benzene rings is 1. The van der Waals surface area contributed by atoms with Crippen molar-refractivity contribution in [1.29, 1.82) is 5.26 Å². The number of alkyl halides is 3. The maximum absolute atomic E-state index is 12.0. The van der Waals surface area contributed by atoms with Crippen molar-refractivity contribution < 1.29 is 13.2 Å². The molecule has 0 aliphatic carbocycles. The SMILES string of the molecule is CCCCCN=[N+]=[N-].N#Cc1cccc(C(F)(F)F)c1. The summed E-state index contributed by atoms with van der Waals surface area (Å²) in [5, 5.41) is 11.7. The molecule has 0 unspecified atom stereocenters. The molecule has 0 atom stereocenters. The van der Waals surface area contributed by atoms with E-state index < -0.39 is 11.7 Å². The first-order valence-corrected chi connectivity index (χ1v) is 6.04. The smallest absolute Gasteiger partial charge is 0.192 e. The number of unbranched alkanes of at least 4 members (excludes halogenated alkanes) is 2. The van der Waals surface area contributed by atoms with Crippen molar-refractivity contribution in [2.75, 3.05) is 6.54 Å². The van der Waals surface area contributed by atoms with Gasteiger partial charge in [0.15, 0.2) is 0 Å². The van der Waals surface area contributed by atoms with Crippen molar-refractivity contribution >= 4 is 0 Å². The second kappa shape index (κ2) is 9.70. The molecule has 0 fully saturated rings. The van der Waals surface area contributed by atoms with E-state index in [1.807, 2.05) is 0 Å². The second-order valence-corrected chi connectivity index (χ2v) is 3.85. The number of nitrogens with zero attached hydrogens (tertiary/aromatic N) is 4. The van der Waals surface area contributed by atoms with Crippen LogP contribution in [0.5, 0.6) is 0 Å². The Balaban J connectivity index is 0.000000396. The lowest BCUT2D eigenvalue weighted by Gasteiger charge is -2.05. The number of halogens is 3. The zero-order valence-electron chi connectivity index (χ0n) is 11.1. The van der Waals surface area contributed by atoms with Gasteiger partial charge in [-0.1, -0.05) is 30.9 Å². The van der Waals surface area contributed by atoms with Crippen molar-refractivity contribution in [2.45, 2.75) is 32.4 Å². The average molecular weight is 284 g/mol. The molecule has 0 aliphatic heterocycles. The Bertz CT molecular complexity index is 485. The highest BCUT2D eigenvalue weighted by Crippen LogP contribution is 2.29. The first-order chi connectivity index (χ1) is 9.45. The van der Waals surface area contributed by atoms with Crippen LogP contribution in [0, 0.1) is 11.3 Å². The molecule has 108 valence electrons. The van der Waals surface area contributed by atoms with Crippen LogP contribution in [0.25, 0.3) is 10.4 Å². The van der Waals surface area contributed by atoms with Crippen LogP contribution in [0.4, 0.5) is 13.2 Å². The topological polar surface area (TPSA) is 72.6 Å². The highest BCUT2D eigenvalue weighted by molar-refractivity contribution is 5.33. The Hall–Kier alpha value is -2.19. The number of azide groups is 1. The molecule has 0 aliphatic rings. The molecule has 1 rings (SSSR count). The summed E-state index contributed by atoms with van der Waals surface area (Å²) in [6, 6.07) is 5.93. The van der Waals surface area contributed by atoms with Gasteiger partial charge in [-0.2, -0.15) is 18.4 Å². The fourth-order valence-corrected chi connectivity index (χ4v) is 1.24. The monoisotopic (exact) mass is 284 g/mol. The van der Waals surface area contributed by atoms with Gasteiger partial charge < -0.3 is 0 Å². The van der Waals surface area contributed by atoms with E-state index in [0.717, 1.165) is 18.6 Å². The summed E-state index contributed by atoms with van der Waals surface area (Å²) in [4.78, 5) is 2.63. The zero-order chi connectivity index (χ0) is 15.4. The first-order valence-electron chi connectivity index (χ1n) is 6.04. The van der Waals surface area contributed by atoms with E-state index in [-0.39, 0.29) is 5.56 Å². The molecule has 0 bridgehead atoms. The molecule has 0 spiro atoms. The van der Waals surface area contributed by atoms with E-state index in [0.29, 0.717) is 6.54 Å². The molecule has 20 heavy (non-hydrogen) atoms. The molecule has 0 N–H and O–H groups in total. The van der Waals surface area contributed by atoms with E-state index in [2.05, 4.69) is 16.9 Å². The Labute approximate surface area is 115 Å². The Morgan fingerprint density at radius 2 is 2.05 bits per heavy atom. The molecule has 7 heteroatoms. The molecule has 4 nitrogen and oxygen atoms in total. The van der Waals surface area contributed by atoms with Gasteiger partial charge in [0.25, 0.3) is 0 Å². The molecule has 1 aromatic carbocycles. The summed E-state index contributed by atoms with van der Waals surface area (Å²) in [6.07, 6.45) is -0.993. The summed E-state index contributed by atoms with van der Waals surface area (Å²) in [6.45, 7) is 2.78. The van der Waals surface area contributed by atoms with E-state index in [9.17, 15) is 13.2 Å². The van der Waals surface area contributed by atoms with Crippen LogP contribution in [0.2, 0.25) is 0 Å². The van der Waals surface area contributed by atoms with Crippen LogP contribution < -0.4 is 0 Å². The third-order valence-electron chi connectivity index (χ3n) is 2.24. The molecule has 1 aromatic rings. The summed E-state index contributed by atoms with van der Waals surface area (Å²) in [7, 11) is 0. The van der Waals surface area contributed by atoms with E-state index in [1.165, 1.54) is 25.0 Å². The van der Waals surface area contributed by atoms with Crippen molar-refractivity contribution in [3.63, 3.8) is 0 Å². The summed E-state index contributed by atoms with van der Waals surface area (Å²) in [5.74, 6) is 0. The van der Waals surface area contributed by atoms with Crippen LogP contribution >= 0.6 is 0 Å². The maximum atomic E-state index is 12.0. The highest BCUT2D eigenvalue weighted by Gasteiger charge is 2.30.